The second-order valence-corrected chi connectivity index (χ2v) is 7.05. The smallest absolute Gasteiger partial charge is 0.346 e. The number of aromatic carboxylic acids is 1. The number of carboxylic acid groups (broad SMARTS) is 1. The summed E-state index contributed by atoms with van der Waals surface area (Å²) in [4.78, 5) is 11.3. The quantitative estimate of drug-likeness (QED) is 0.917. The van der Waals surface area contributed by atoms with Gasteiger partial charge in [-0.1, -0.05) is 6.07 Å². The molecule has 2 rings (SSSR count). The van der Waals surface area contributed by atoms with Crippen molar-refractivity contribution < 1.29 is 23.1 Å². The van der Waals surface area contributed by atoms with Gasteiger partial charge in [-0.2, -0.15) is 0 Å². The molecule has 1 aromatic heterocycles. The van der Waals surface area contributed by atoms with Crippen LogP contribution in [-0.4, -0.2) is 25.7 Å². The SMILES string of the molecule is CS(=O)(=O)c1cccc(OCc2ccsc2C(=O)O)c1. The van der Waals surface area contributed by atoms with Crippen molar-refractivity contribution in [3.05, 3.63) is 46.2 Å². The van der Waals surface area contributed by atoms with Crippen molar-refractivity contribution >= 4 is 27.1 Å². The van der Waals surface area contributed by atoms with E-state index >= 15 is 0 Å². The van der Waals surface area contributed by atoms with E-state index in [2.05, 4.69) is 0 Å². The van der Waals surface area contributed by atoms with Gasteiger partial charge < -0.3 is 9.84 Å². The van der Waals surface area contributed by atoms with Crippen LogP contribution in [0.25, 0.3) is 0 Å². The number of sulfone groups is 1. The topological polar surface area (TPSA) is 80.7 Å². The Bertz CT molecular complexity index is 731. The van der Waals surface area contributed by atoms with Crippen LogP contribution in [0.1, 0.15) is 15.2 Å². The maximum Gasteiger partial charge on any atom is 0.346 e. The van der Waals surface area contributed by atoms with Gasteiger partial charge in [-0.3, -0.25) is 0 Å². The highest BCUT2D eigenvalue weighted by molar-refractivity contribution is 7.90. The molecule has 0 fully saturated rings. The standard InChI is InChI=1S/C13H12O5S2/c1-20(16,17)11-4-2-3-10(7-11)18-8-9-5-6-19-12(9)13(14)15/h2-7H,8H2,1H3,(H,14,15). The van der Waals surface area contributed by atoms with Gasteiger partial charge in [0.25, 0.3) is 0 Å². The van der Waals surface area contributed by atoms with Gasteiger partial charge in [-0.15, -0.1) is 11.3 Å². The van der Waals surface area contributed by atoms with Crippen LogP contribution in [0, 0.1) is 0 Å². The molecule has 0 amide bonds. The second-order valence-electron chi connectivity index (χ2n) is 4.12. The minimum atomic E-state index is -3.29. The molecule has 0 atom stereocenters. The summed E-state index contributed by atoms with van der Waals surface area (Å²) in [6.45, 7) is 0.0817. The first-order valence-corrected chi connectivity index (χ1v) is 8.37. The summed E-state index contributed by atoms with van der Waals surface area (Å²) in [7, 11) is -3.29. The molecule has 7 heteroatoms. The lowest BCUT2D eigenvalue weighted by Crippen LogP contribution is -2.02. The van der Waals surface area contributed by atoms with Crippen LogP contribution in [0.5, 0.6) is 5.75 Å². The Morgan fingerprint density at radius 2 is 2.10 bits per heavy atom. The second kappa shape index (κ2) is 5.64. The van der Waals surface area contributed by atoms with E-state index in [-0.39, 0.29) is 16.4 Å². The van der Waals surface area contributed by atoms with Crippen LogP contribution in [-0.2, 0) is 16.4 Å². The van der Waals surface area contributed by atoms with Crippen molar-refractivity contribution in [2.24, 2.45) is 0 Å². The molecule has 1 aromatic carbocycles. The van der Waals surface area contributed by atoms with E-state index < -0.39 is 15.8 Å². The zero-order valence-electron chi connectivity index (χ0n) is 10.6. The molecular weight excluding hydrogens is 300 g/mol. The molecular formula is C13H12O5S2. The van der Waals surface area contributed by atoms with Gasteiger partial charge in [-0.25, -0.2) is 13.2 Å². The van der Waals surface area contributed by atoms with E-state index in [9.17, 15) is 13.2 Å². The molecule has 1 N–H and O–H groups in total. The van der Waals surface area contributed by atoms with Gasteiger partial charge in [0.15, 0.2) is 9.84 Å². The number of carbonyl (C=O) groups is 1. The Morgan fingerprint density at radius 3 is 2.75 bits per heavy atom. The minimum absolute atomic E-state index is 0.0817. The lowest BCUT2D eigenvalue weighted by Gasteiger charge is -2.07. The molecule has 106 valence electrons. The third kappa shape index (κ3) is 3.37. The first-order chi connectivity index (χ1) is 9.38. The average Bonchev–Trinajstić information content (AvgIpc) is 2.84. The van der Waals surface area contributed by atoms with Crippen LogP contribution in [0.2, 0.25) is 0 Å². The van der Waals surface area contributed by atoms with Crippen LogP contribution in [0.4, 0.5) is 0 Å². The van der Waals surface area contributed by atoms with Crippen molar-refractivity contribution in [2.75, 3.05) is 6.26 Å². The van der Waals surface area contributed by atoms with Crippen LogP contribution < -0.4 is 4.74 Å². The Labute approximate surface area is 120 Å². The number of hydrogen-bond acceptors (Lipinski definition) is 5. The molecule has 5 nitrogen and oxygen atoms in total. The van der Waals surface area contributed by atoms with Gasteiger partial charge in [0.1, 0.15) is 17.2 Å². The van der Waals surface area contributed by atoms with Gasteiger partial charge >= 0.3 is 5.97 Å². The molecule has 0 aliphatic carbocycles. The van der Waals surface area contributed by atoms with Crippen LogP contribution in [0.15, 0.2) is 40.6 Å². The number of rotatable bonds is 5. The highest BCUT2D eigenvalue weighted by atomic mass is 32.2. The van der Waals surface area contributed by atoms with E-state index in [0.717, 1.165) is 17.6 Å². The zero-order valence-corrected chi connectivity index (χ0v) is 12.2. The van der Waals surface area contributed by atoms with E-state index in [0.29, 0.717) is 11.3 Å². The Morgan fingerprint density at radius 1 is 1.35 bits per heavy atom. The summed E-state index contributed by atoms with van der Waals surface area (Å²) < 4.78 is 28.3. The Balaban J connectivity index is 2.15. The molecule has 20 heavy (non-hydrogen) atoms. The first-order valence-electron chi connectivity index (χ1n) is 5.60. The number of thiophene rings is 1. The van der Waals surface area contributed by atoms with Gasteiger partial charge in [0.05, 0.1) is 4.90 Å². The first kappa shape index (κ1) is 14.5. The number of hydrogen-bond donors (Lipinski definition) is 1. The monoisotopic (exact) mass is 312 g/mol. The highest BCUT2D eigenvalue weighted by Gasteiger charge is 2.13. The fraction of sp³-hybridized carbons (Fsp3) is 0.154. The third-order valence-electron chi connectivity index (χ3n) is 2.57. The van der Waals surface area contributed by atoms with Crippen molar-refractivity contribution in [2.45, 2.75) is 11.5 Å². The fourth-order valence-electron chi connectivity index (χ4n) is 1.59. The fourth-order valence-corrected chi connectivity index (χ4v) is 3.00. The maximum absolute atomic E-state index is 11.4. The largest absolute Gasteiger partial charge is 0.489 e. The number of ether oxygens (including phenoxy) is 1. The van der Waals surface area contributed by atoms with Gasteiger partial charge in [0, 0.05) is 11.8 Å². The summed E-state index contributed by atoms with van der Waals surface area (Å²) in [5, 5.41) is 10.7. The predicted molar refractivity (Wildman–Crippen MR) is 75.2 cm³/mol. The summed E-state index contributed by atoms with van der Waals surface area (Å²) >= 11 is 1.12. The average molecular weight is 312 g/mol. The molecule has 0 saturated carbocycles. The highest BCUT2D eigenvalue weighted by Crippen LogP contribution is 2.21. The van der Waals surface area contributed by atoms with E-state index in [1.807, 2.05) is 0 Å². The molecule has 0 radical (unpaired) electrons. The summed E-state index contributed by atoms with van der Waals surface area (Å²) in [6, 6.07) is 7.78. The summed E-state index contributed by atoms with van der Waals surface area (Å²) in [5.41, 5.74) is 0.562. The molecule has 0 unspecified atom stereocenters. The summed E-state index contributed by atoms with van der Waals surface area (Å²) in [6.07, 6.45) is 1.12. The minimum Gasteiger partial charge on any atom is -0.489 e. The molecule has 0 saturated heterocycles. The van der Waals surface area contributed by atoms with E-state index in [1.54, 1.807) is 23.6 Å². The summed E-state index contributed by atoms with van der Waals surface area (Å²) in [5.74, 6) is -0.612. The third-order valence-corrected chi connectivity index (χ3v) is 4.62. The van der Waals surface area contributed by atoms with Crippen molar-refractivity contribution in [1.82, 2.24) is 0 Å². The molecule has 1 heterocycles. The predicted octanol–water partition coefficient (Wildman–Crippen LogP) is 2.43. The maximum atomic E-state index is 11.4. The normalized spacial score (nSPS) is 11.2. The van der Waals surface area contributed by atoms with Crippen LogP contribution in [0.3, 0.4) is 0 Å². The molecule has 0 spiro atoms. The molecule has 0 aliphatic heterocycles. The van der Waals surface area contributed by atoms with Crippen molar-refractivity contribution in [3.8, 4) is 5.75 Å². The molecule has 0 bridgehead atoms. The van der Waals surface area contributed by atoms with Crippen molar-refractivity contribution in [3.63, 3.8) is 0 Å². The van der Waals surface area contributed by atoms with E-state index in [4.69, 9.17) is 9.84 Å². The number of carboxylic acids is 1. The molecule has 0 aliphatic rings. The molecule has 2 aromatic rings. The van der Waals surface area contributed by atoms with Gasteiger partial charge in [0.2, 0.25) is 0 Å². The lowest BCUT2D eigenvalue weighted by molar-refractivity contribution is 0.0699. The lowest BCUT2D eigenvalue weighted by atomic mass is 10.2. The Hall–Kier alpha value is -1.86. The van der Waals surface area contributed by atoms with Gasteiger partial charge in [-0.05, 0) is 29.6 Å². The number of benzene rings is 1. The van der Waals surface area contributed by atoms with E-state index in [1.165, 1.54) is 12.1 Å². The van der Waals surface area contributed by atoms with Crippen LogP contribution >= 0.6 is 11.3 Å². The van der Waals surface area contributed by atoms with Crippen molar-refractivity contribution in [1.29, 1.82) is 0 Å². The Kier molecular flexibility index (Phi) is 4.10. The zero-order chi connectivity index (χ0) is 14.8.